The molecule has 2 heterocycles. The average Bonchev–Trinajstić information content (AvgIpc) is 3.10. The summed E-state index contributed by atoms with van der Waals surface area (Å²) in [6, 6.07) is 6.84. The smallest absolute Gasteiger partial charge is 0.228 e. The number of aliphatic hydroxyl groups is 1. The average molecular weight is 367 g/mol. The molecule has 1 aromatic carbocycles. The molecule has 1 aliphatic heterocycles. The molecule has 144 valence electrons. The Balaban J connectivity index is 1.73. The Hall–Kier alpha value is -2.11. The third kappa shape index (κ3) is 3.30. The van der Waals surface area contributed by atoms with E-state index < -0.39 is 0 Å². The highest BCUT2D eigenvalue weighted by Crippen LogP contribution is 2.41. The van der Waals surface area contributed by atoms with Crippen LogP contribution in [0.1, 0.15) is 37.8 Å². The number of carbonyl (C=O) groups is 1. The summed E-state index contributed by atoms with van der Waals surface area (Å²) in [5, 5.41) is 13.8. The molecule has 0 bridgehead atoms. The van der Waals surface area contributed by atoms with Gasteiger partial charge in [0, 0.05) is 48.9 Å². The van der Waals surface area contributed by atoms with E-state index in [1.807, 2.05) is 6.92 Å². The fraction of sp³-hybridized carbons (Fsp3) is 0.500. The van der Waals surface area contributed by atoms with Crippen molar-refractivity contribution < 1.29 is 9.90 Å². The lowest BCUT2D eigenvalue weighted by Gasteiger charge is -2.41. The summed E-state index contributed by atoms with van der Waals surface area (Å²) in [6.45, 7) is 5.83. The molecule has 0 radical (unpaired) electrons. The van der Waals surface area contributed by atoms with Gasteiger partial charge >= 0.3 is 0 Å². The number of aromatic nitrogens is 1. The Bertz CT molecular complexity index is 870. The van der Waals surface area contributed by atoms with Gasteiger partial charge in [-0.1, -0.05) is 25.1 Å². The molecule has 1 aromatic heterocycles. The number of H-pyrrole nitrogens is 1. The monoisotopic (exact) mass is 367 g/mol. The zero-order valence-electron chi connectivity index (χ0n) is 16.2. The molecule has 0 saturated carbocycles. The maximum absolute atomic E-state index is 12.9. The van der Waals surface area contributed by atoms with E-state index in [-0.39, 0.29) is 30.5 Å². The molecule has 4 rings (SSSR count). The lowest BCUT2D eigenvalue weighted by molar-refractivity contribution is -0.125. The molecule has 1 aliphatic carbocycles. The van der Waals surface area contributed by atoms with Gasteiger partial charge in [-0.2, -0.15) is 0 Å². The minimum atomic E-state index is -0.153. The molecule has 27 heavy (non-hydrogen) atoms. The minimum Gasteiger partial charge on any atom is -0.396 e. The van der Waals surface area contributed by atoms with E-state index in [4.69, 9.17) is 0 Å². The van der Waals surface area contributed by atoms with E-state index in [9.17, 15) is 9.90 Å². The predicted octanol–water partition coefficient (Wildman–Crippen LogP) is 2.70. The lowest BCUT2D eigenvalue weighted by atomic mass is 9.79. The first kappa shape index (κ1) is 18.3. The Morgan fingerprint density at radius 2 is 2.30 bits per heavy atom. The highest BCUT2D eigenvalue weighted by atomic mass is 16.3. The molecular weight excluding hydrogens is 338 g/mol. The van der Waals surface area contributed by atoms with Crippen molar-refractivity contribution in [3.63, 3.8) is 0 Å². The quantitative estimate of drug-likeness (QED) is 0.735. The third-order valence-electron chi connectivity index (χ3n) is 6.06. The predicted molar refractivity (Wildman–Crippen MR) is 108 cm³/mol. The third-order valence-corrected chi connectivity index (χ3v) is 6.06. The van der Waals surface area contributed by atoms with Gasteiger partial charge in [-0.3, -0.25) is 9.69 Å². The Morgan fingerprint density at radius 3 is 3.07 bits per heavy atom. The zero-order chi connectivity index (χ0) is 19.0. The van der Waals surface area contributed by atoms with Gasteiger partial charge in [0.05, 0.1) is 5.92 Å². The first-order chi connectivity index (χ1) is 13.1. The number of fused-ring (bicyclic) bond motifs is 2. The van der Waals surface area contributed by atoms with Crippen LogP contribution in [0.2, 0.25) is 0 Å². The van der Waals surface area contributed by atoms with Crippen LogP contribution in [-0.2, 0) is 11.2 Å². The van der Waals surface area contributed by atoms with Crippen molar-refractivity contribution in [2.24, 2.45) is 5.92 Å². The molecule has 0 fully saturated rings. The maximum atomic E-state index is 12.9. The van der Waals surface area contributed by atoms with E-state index >= 15 is 0 Å². The molecular formula is C22H29N3O2. The van der Waals surface area contributed by atoms with Gasteiger partial charge in [-0.15, -0.1) is 0 Å². The van der Waals surface area contributed by atoms with Crippen molar-refractivity contribution in [1.82, 2.24) is 15.2 Å². The summed E-state index contributed by atoms with van der Waals surface area (Å²) >= 11 is 0. The lowest BCUT2D eigenvalue weighted by Crippen LogP contribution is -2.49. The fourth-order valence-electron chi connectivity index (χ4n) is 4.46. The van der Waals surface area contributed by atoms with Gasteiger partial charge in [-0.05, 0) is 49.0 Å². The molecule has 2 aliphatic rings. The van der Waals surface area contributed by atoms with Crippen LogP contribution in [0.5, 0.6) is 0 Å². The van der Waals surface area contributed by atoms with Crippen molar-refractivity contribution in [3.05, 3.63) is 41.6 Å². The summed E-state index contributed by atoms with van der Waals surface area (Å²) in [7, 11) is 0. The van der Waals surface area contributed by atoms with Crippen molar-refractivity contribution in [2.75, 3.05) is 19.7 Å². The number of amides is 1. The summed E-state index contributed by atoms with van der Waals surface area (Å²) in [5.41, 5.74) is 5.02. The van der Waals surface area contributed by atoms with Crippen LogP contribution in [0, 0.1) is 5.92 Å². The first-order valence-electron chi connectivity index (χ1n) is 10.1. The Labute approximate surface area is 160 Å². The topological polar surface area (TPSA) is 68.4 Å². The van der Waals surface area contributed by atoms with Crippen LogP contribution in [0.15, 0.2) is 30.5 Å². The number of aromatic amines is 1. The second kappa shape index (κ2) is 7.49. The standard InChI is InChI=1S/C22H29N3O2/c1-3-14(2)24-22(27)16-10-18-17-6-4-7-19-21(17)15(12-23-19)11-20(18)25(13-16)8-5-9-26/h4,6-7,10,12,14,16,20,23,26H,3,5,8-9,11,13H2,1-2H3,(H,24,27)/t14-,16-,20-/m1/s1. The van der Waals surface area contributed by atoms with Crippen molar-refractivity contribution in [2.45, 2.75) is 45.2 Å². The molecule has 5 heteroatoms. The summed E-state index contributed by atoms with van der Waals surface area (Å²) in [4.78, 5) is 18.6. The minimum absolute atomic E-state index is 0.108. The first-order valence-corrected chi connectivity index (χ1v) is 10.1. The van der Waals surface area contributed by atoms with Crippen LogP contribution < -0.4 is 5.32 Å². The number of aliphatic hydroxyl groups excluding tert-OH is 1. The molecule has 2 aromatic rings. The second-order valence-corrected chi connectivity index (χ2v) is 7.88. The second-order valence-electron chi connectivity index (χ2n) is 7.88. The van der Waals surface area contributed by atoms with E-state index in [1.165, 1.54) is 22.1 Å². The molecule has 3 atom stereocenters. The SMILES string of the molecule is CC[C@@H](C)NC(=O)[C@@H]1C=C2c3cccc4[nH]cc(c34)C[C@H]2N(CCCO)C1. The Kier molecular flexibility index (Phi) is 5.06. The number of carbonyl (C=O) groups excluding carboxylic acids is 1. The van der Waals surface area contributed by atoms with Crippen LogP contribution in [0.4, 0.5) is 0 Å². The van der Waals surface area contributed by atoms with Crippen molar-refractivity contribution >= 4 is 22.4 Å². The zero-order valence-corrected chi connectivity index (χ0v) is 16.2. The molecule has 3 N–H and O–H groups in total. The number of hydrogen-bond donors (Lipinski definition) is 3. The maximum Gasteiger partial charge on any atom is 0.228 e. The van der Waals surface area contributed by atoms with Gasteiger partial charge in [-0.25, -0.2) is 0 Å². The van der Waals surface area contributed by atoms with Gasteiger partial charge in [0.2, 0.25) is 5.91 Å². The van der Waals surface area contributed by atoms with Crippen LogP contribution in [-0.4, -0.2) is 52.7 Å². The van der Waals surface area contributed by atoms with Crippen LogP contribution in [0.3, 0.4) is 0 Å². The van der Waals surface area contributed by atoms with Crippen LogP contribution >= 0.6 is 0 Å². The molecule has 1 amide bonds. The van der Waals surface area contributed by atoms with Crippen molar-refractivity contribution in [3.8, 4) is 0 Å². The van der Waals surface area contributed by atoms with Crippen molar-refractivity contribution in [1.29, 1.82) is 0 Å². The van der Waals surface area contributed by atoms with Gasteiger partial charge in [0.15, 0.2) is 0 Å². The molecule has 0 saturated heterocycles. The molecule has 5 nitrogen and oxygen atoms in total. The summed E-state index contributed by atoms with van der Waals surface area (Å²) < 4.78 is 0. The normalized spacial score (nSPS) is 23.0. The van der Waals surface area contributed by atoms with Crippen LogP contribution in [0.25, 0.3) is 16.5 Å². The van der Waals surface area contributed by atoms with Gasteiger partial charge in [0.25, 0.3) is 0 Å². The summed E-state index contributed by atoms with van der Waals surface area (Å²) in [6.07, 6.45) is 6.93. The fourth-order valence-corrected chi connectivity index (χ4v) is 4.46. The van der Waals surface area contributed by atoms with E-state index in [1.54, 1.807) is 0 Å². The van der Waals surface area contributed by atoms with E-state index in [0.29, 0.717) is 6.54 Å². The van der Waals surface area contributed by atoms with E-state index in [0.717, 1.165) is 31.3 Å². The molecule has 0 spiro atoms. The van der Waals surface area contributed by atoms with Gasteiger partial charge < -0.3 is 15.4 Å². The number of hydrogen-bond acceptors (Lipinski definition) is 3. The largest absolute Gasteiger partial charge is 0.396 e. The number of nitrogens with one attached hydrogen (secondary N) is 2. The highest BCUT2D eigenvalue weighted by molar-refractivity contribution is 5.99. The highest BCUT2D eigenvalue weighted by Gasteiger charge is 2.37. The summed E-state index contributed by atoms with van der Waals surface area (Å²) in [5.74, 6) is -0.0453. The number of nitrogens with zero attached hydrogens (tertiary/aromatic N) is 1. The van der Waals surface area contributed by atoms with Gasteiger partial charge in [0.1, 0.15) is 0 Å². The Morgan fingerprint density at radius 1 is 1.44 bits per heavy atom. The number of rotatable bonds is 6. The number of benzene rings is 1. The van der Waals surface area contributed by atoms with E-state index in [2.05, 4.69) is 52.6 Å². The molecule has 0 unspecified atom stereocenters.